The van der Waals surface area contributed by atoms with Crippen LogP contribution in [0.15, 0.2) is 36.5 Å². The Morgan fingerprint density at radius 1 is 0.914 bits per heavy atom. The third-order valence-electron chi connectivity index (χ3n) is 5.59. The van der Waals surface area contributed by atoms with Crippen LogP contribution in [-0.2, 0) is 0 Å². The van der Waals surface area contributed by atoms with E-state index < -0.39 is 17.5 Å². The van der Waals surface area contributed by atoms with Gasteiger partial charge in [0.05, 0.1) is 0 Å². The second kappa shape index (κ2) is 10.9. The molecular formula is C25H28N6O4. The summed E-state index contributed by atoms with van der Waals surface area (Å²) >= 11 is 0. The number of carbonyl (C=O) groups excluding carboxylic acids is 2. The number of nitrogens with zero attached hydrogens (tertiary/aromatic N) is 4. The van der Waals surface area contributed by atoms with Gasteiger partial charge in [-0.2, -0.15) is 15.0 Å². The van der Waals surface area contributed by atoms with Crippen LogP contribution in [0.4, 0.5) is 11.9 Å². The van der Waals surface area contributed by atoms with Gasteiger partial charge in [0.25, 0.3) is 0 Å². The lowest BCUT2D eigenvalue weighted by atomic mass is 9.98. The van der Waals surface area contributed by atoms with Gasteiger partial charge in [0.2, 0.25) is 11.9 Å². The molecule has 0 amide bonds. The average Bonchev–Trinajstić information content (AvgIpc) is 3.09. The molecule has 1 unspecified atom stereocenters. The summed E-state index contributed by atoms with van der Waals surface area (Å²) in [5.74, 6) is -1.14. The van der Waals surface area contributed by atoms with Gasteiger partial charge in [-0.1, -0.05) is 26.7 Å². The summed E-state index contributed by atoms with van der Waals surface area (Å²) in [5, 5.41) is 16.5. The third kappa shape index (κ3) is 5.37. The smallest absolute Gasteiger partial charge is 0.328 e. The molecule has 1 aromatic carbocycles. The topological polar surface area (TPSA) is 139 Å². The van der Waals surface area contributed by atoms with Crippen molar-refractivity contribution in [1.82, 2.24) is 19.9 Å². The first-order valence-corrected chi connectivity index (χ1v) is 11.8. The number of ether oxygens (including phenoxy) is 1. The van der Waals surface area contributed by atoms with Crippen molar-refractivity contribution < 1.29 is 19.4 Å². The third-order valence-corrected chi connectivity index (χ3v) is 5.59. The van der Waals surface area contributed by atoms with Crippen molar-refractivity contribution in [2.24, 2.45) is 0 Å². The molecule has 0 fully saturated rings. The van der Waals surface area contributed by atoms with Gasteiger partial charge in [0.1, 0.15) is 23.1 Å². The van der Waals surface area contributed by atoms with Crippen molar-refractivity contribution in [3.8, 4) is 17.5 Å². The molecule has 182 valence electrons. The molecule has 2 aromatic heterocycles. The Balaban J connectivity index is 1.58. The first kappa shape index (κ1) is 24.1. The largest absolute Gasteiger partial charge is 0.506 e. The number of hydrogen-bond acceptors (Lipinski definition) is 10. The lowest BCUT2D eigenvalue weighted by Gasteiger charge is -2.11. The van der Waals surface area contributed by atoms with Gasteiger partial charge in [0, 0.05) is 30.4 Å². The average molecular weight is 477 g/mol. The van der Waals surface area contributed by atoms with Crippen molar-refractivity contribution in [2.75, 3.05) is 23.7 Å². The number of rotatable bonds is 11. The zero-order valence-electron chi connectivity index (χ0n) is 19.7. The molecule has 4 rings (SSSR count). The van der Waals surface area contributed by atoms with E-state index in [-0.39, 0.29) is 28.6 Å². The van der Waals surface area contributed by atoms with E-state index in [0.717, 1.165) is 25.7 Å². The molecule has 1 aliphatic rings. The molecule has 0 saturated carbocycles. The Morgan fingerprint density at radius 2 is 1.57 bits per heavy atom. The van der Waals surface area contributed by atoms with Crippen LogP contribution in [0.2, 0.25) is 0 Å². The van der Waals surface area contributed by atoms with Gasteiger partial charge in [-0.3, -0.25) is 14.6 Å². The number of unbranched alkanes of at least 4 members (excludes halogenated alkanes) is 2. The minimum atomic E-state index is -1.18. The molecule has 0 saturated heterocycles. The van der Waals surface area contributed by atoms with Gasteiger partial charge in [0.15, 0.2) is 11.6 Å². The minimum Gasteiger partial charge on any atom is -0.506 e. The lowest BCUT2D eigenvalue weighted by molar-refractivity contribution is 0.0885. The zero-order valence-corrected chi connectivity index (χ0v) is 19.7. The standard InChI is InChI=1S/C25H28N6O4/c1-3-5-11-27-23-29-24(28-12-6-4-2)31-25(30-23)35-15-9-10-16-17(14-15)22(34)19(21(16)33)20-18(32)8-7-13-26-20/h7-10,13-14,19,32H,3-6,11-12H2,1-2H3,(H2,27,28,29,30,31). The first-order chi connectivity index (χ1) is 17.0. The Bertz CT molecular complexity index is 1200. The Hall–Kier alpha value is -4.08. The van der Waals surface area contributed by atoms with Crippen molar-refractivity contribution in [3.05, 3.63) is 53.3 Å². The number of ketones is 2. The second-order valence-electron chi connectivity index (χ2n) is 8.20. The predicted octanol–water partition coefficient (Wildman–Crippen LogP) is 4.35. The van der Waals surface area contributed by atoms with Crippen LogP contribution in [0.3, 0.4) is 0 Å². The maximum atomic E-state index is 13.1. The van der Waals surface area contributed by atoms with Gasteiger partial charge < -0.3 is 20.5 Å². The van der Waals surface area contributed by atoms with Crippen molar-refractivity contribution >= 4 is 23.5 Å². The van der Waals surface area contributed by atoms with E-state index in [0.29, 0.717) is 30.7 Å². The normalized spacial score (nSPS) is 14.6. The van der Waals surface area contributed by atoms with Crippen molar-refractivity contribution in [1.29, 1.82) is 0 Å². The molecule has 2 heterocycles. The van der Waals surface area contributed by atoms with Crippen LogP contribution in [0.25, 0.3) is 0 Å². The first-order valence-electron chi connectivity index (χ1n) is 11.8. The van der Waals surface area contributed by atoms with Crippen LogP contribution in [-0.4, -0.2) is 49.7 Å². The maximum Gasteiger partial charge on any atom is 0.328 e. The van der Waals surface area contributed by atoms with E-state index >= 15 is 0 Å². The Kier molecular flexibility index (Phi) is 7.49. The minimum absolute atomic E-state index is 0.0456. The summed E-state index contributed by atoms with van der Waals surface area (Å²) in [7, 11) is 0. The van der Waals surface area contributed by atoms with Crippen LogP contribution in [0.5, 0.6) is 17.5 Å². The number of aromatic nitrogens is 4. The summed E-state index contributed by atoms with van der Waals surface area (Å²) in [6.07, 6.45) is 5.43. The summed E-state index contributed by atoms with van der Waals surface area (Å²) in [6, 6.07) is 7.62. The molecule has 0 bridgehead atoms. The molecule has 3 N–H and O–H groups in total. The van der Waals surface area contributed by atoms with E-state index in [1.807, 2.05) is 0 Å². The predicted molar refractivity (Wildman–Crippen MR) is 130 cm³/mol. The van der Waals surface area contributed by atoms with Gasteiger partial charge >= 0.3 is 6.01 Å². The summed E-state index contributed by atoms with van der Waals surface area (Å²) in [5.41, 5.74) is 0.514. The molecule has 0 aliphatic heterocycles. The van der Waals surface area contributed by atoms with Crippen LogP contribution in [0.1, 0.15) is 71.9 Å². The highest BCUT2D eigenvalue weighted by atomic mass is 16.5. The molecule has 3 aromatic rings. The fourth-order valence-electron chi connectivity index (χ4n) is 3.74. The SMILES string of the molecule is CCCCNc1nc(NCCCC)nc(Oc2ccc3c(c2)C(=O)C(c2ncccc2O)C3=O)n1. The van der Waals surface area contributed by atoms with E-state index in [1.54, 1.807) is 6.07 Å². The highest BCUT2D eigenvalue weighted by molar-refractivity contribution is 6.29. The van der Waals surface area contributed by atoms with Crippen LogP contribution < -0.4 is 15.4 Å². The quantitative estimate of drug-likeness (QED) is 0.270. The highest BCUT2D eigenvalue weighted by Crippen LogP contribution is 2.38. The molecular weight excluding hydrogens is 448 g/mol. The number of benzene rings is 1. The zero-order chi connectivity index (χ0) is 24.8. The van der Waals surface area contributed by atoms with E-state index in [4.69, 9.17) is 4.74 Å². The van der Waals surface area contributed by atoms with Gasteiger partial charge in [-0.25, -0.2) is 0 Å². The summed E-state index contributed by atoms with van der Waals surface area (Å²) < 4.78 is 5.88. The fraction of sp³-hybridized carbons (Fsp3) is 0.360. The van der Waals surface area contributed by atoms with Gasteiger partial charge in [-0.15, -0.1) is 0 Å². The number of pyridine rings is 1. The van der Waals surface area contributed by atoms with Crippen LogP contribution >= 0.6 is 0 Å². The van der Waals surface area contributed by atoms with Gasteiger partial charge in [-0.05, 0) is 43.2 Å². The fourth-order valence-corrected chi connectivity index (χ4v) is 3.74. The molecule has 10 heteroatoms. The lowest BCUT2D eigenvalue weighted by Crippen LogP contribution is -2.14. The van der Waals surface area contributed by atoms with Crippen LogP contribution in [0, 0.1) is 0 Å². The summed E-state index contributed by atoms with van der Waals surface area (Å²) in [4.78, 5) is 43.1. The summed E-state index contributed by atoms with van der Waals surface area (Å²) in [6.45, 7) is 5.62. The number of aromatic hydroxyl groups is 1. The molecule has 1 aliphatic carbocycles. The molecule has 0 radical (unpaired) electrons. The number of Topliss-reactive ketones (excluding diaryl/α,β-unsaturated/α-hetero) is 2. The monoisotopic (exact) mass is 476 g/mol. The van der Waals surface area contributed by atoms with Crippen molar-refractivity contribution in [2.45, 2.75) is 45.4 Å². The second-order valence-corrected chi connectivity index (χ2v) is 8.20. The van der Waals surface area contributed by atoms with E-state index in [2.05, 4.69) is 44.4 Å². The van der Waals surface area contributed by atoms with E-state index in [1.165, 1.54) is 30.5 Å². The Labute approximate surface area is 203 Å². The molecule has 1 atom stereocenters. The Morgan fingerprint density at radius 3 is 2.20 bits per heavy atom. The maximum absolute atomic E-state index is 13.1. The van der Waals surface area contributed by atoms with E-state index in [9.17, 15) is 14.7 Å². The number of anilines is 2. The molecule has 35 heavy (non-hydrogen) atoms. The molecule has 10 nitrogen and oxygen atoms in total. The molecule has 0 spiro atoms. The number of hydrogen-bond donors (Lipinski definition) is 3. The number of carbonyl (C=O) groups is 2. The number of nitrogens with one attached hydrogen (secondary N) is 2. The highest BCUT2D eigenvalue weighted by Gasteiger charge is 2.42. The number of fused-ring (bicyclic) bond motifs is 1. The van der Waals surface area contributed by atoms with Crippen molar-refractivity contribution in [3.63, 3.8) is 0 Å².